The lowest BCUT2D eigenvalue weighted by Gasteiger charge is -2.35. The van der Waals surface area contributed by atoms with E-state index < -0.39 is 0 Å². The zero-order valence-corrected chi connectivity index (χ0v) is 11.8. The Hall–Kier alpha value is -1.93. The Labute approximate surface area is 118 Å². The Morgan fingerprint density at radius 3 is 2.55 bits per heavy atom. The number of carbonyl (C=O) groups excluding carboxylic acids is 1. The van der Waals surface area contributed by atoms with Gasteiger partial charge in [-0.1, -0.05) is 6.07 Å². The normalized spacial score (nSPS) is 17.6. The summed E-state index contributed by atoms with van der Waals surface area (Å²) in [6.45, 7) is 6.02. The third-order valence-electron chi connectivity index (χ3n) is 3.75. The minimum atomic E-state index is -0.354. The topological polar surface area (TPSA) is 47.3 Å². The third kappa shape index (κ3) is 2.97. The first kappa shape index (κ1) is 14.5. The molecule has 0 spiro atoms. The second-order valence-electron chi connectivity index (χ2n) is 5.10. The number of hydrogen-bond acceptors (Lipinski definition) is 3. The molecule has 5 heteroatoms. The van der Waals surface area contributed by atoms with E-state index in [9.17, 15) is 9.18 Å². The van der Waals surface area contributed by atoms with Crippen LogP contribution in [0.25, 0.3) is 0 Å². The molecule has 1 heterocycles. The number of amides is 1. The van der Waals surface area contributed by atoms with Crippen molar-refractivity contribution in [3.05, 3.63) is 35.1 Å². The number of nitrogens with zero attached hydrogens (tertiary/aromatic N) is 3. The van der Waals surface area contributed by atoms with Crippen LogP contribution in [0.1, 0.15) is 22.8 Å². The van der Waals surface area contributed by atoms with Crippen LogP contribution in [-0.2, 0) is 0 Å². The molecule has 0 saturated carbocycles. The number of hydrogen-bond donors (Lipinski definition) is 0. The zero-order chi connectivity index (χ0) is 14.7. The quantitative estimate of drug-likeness (QED) is 0.827. The van der Waals surface area contributed by atoms with Gasteiger partial charge < -0.3 is 4.90 Å². The molecule has 0 aromatic heterocycles. The Kier molecular flexibility index (Phi) is 4.35. The van der Waals surface area contributed by atoms with Crippen molar-refractivity contribution in [3.63, 3.8) is 0 Å². The van der Waals surface area contributed by atoms with Crippen LogP contribution < -0.4 is 0 Å². The summed E-state index contributed by atoms with van der Waals surface area (Å²) in [5.74, 6) is -0.499. The molecule has 0 aliphatic carbocycles. The third-order valence-corrected chi connectivity index (χ3v) is 3.75. The van der Waals surface area contributed by atoms with E-state index in [4.69, 9.17) is 5.26 Å². The number of benzene rings is 1. The first-order valence-electron chi connectivity index (χ1n) is 6.72. The summed E-state index contributed by atoms with van der Waals surface area (Å²) in [5.41, 5.74) is 0.920. The largest absolute Gasteiger partial charge is 0.336 e. The smallest absolute Gasteiger partial charge is 0.254 e. The summed E-state index contributed by atoms with van der Waals surface area (Å²) in [6, 6.07) is 6.63. The van der Waals surface area contributed by atoms with E-state index in [2.05, 4.69) is 6.07 Å². The molecule has 4 nitrogen and oxygen atoms in total. The van der Waals surface area contributed by atoms with Crippen LogP contribution in [0.5, 0.6) is 0 Å². The van der Waals surface area contributed by atoms with Crippen molar-refractivity contribution in [2.24, 2.45) is 0 Å². The van der Waals surface area contributed by atoms with Crippen LogP contribution in [0.15, 0.2) is 18.2 Å². The molecule has 1 unspecified atom stereocenters. The maximum atomic E-state index is 13.5. The van der Waals surface area contributed by atoms with Gasteiger partial charge in [-0.2, -0.15) is 5.26 Å². The van der Waals surface area contributed by atoms with Crippen molar-refractivity contribution in [2.45, 2.75) is 19.9 Å². The summed E-state index contributed by atoms with van der Waals surface area (Å²) in [4.78, 5) is 16.0. The Balaban J connectivity index is 2.01. The molecular formula is C15H18FN3O. The molecule has 106 valence electrons. The van der Waals surface area contributed by atoms with E-state index in [1.807, 2.05) is 11.8 Å². The predicted octanol–water partition coefficient (Wildman–Crippen LogP) is 1.80. The highest BCUT2D eigenvalue weighted by atomic mass is 19.1. The maximum Gasteiger partial charge on any atom is 0.254 e. The van der Waals surface area contributed by atoms with E-state index in [1.165, 1.54) is 6.07 Å². The molecule has 1 atom stereocenters. The molecule has 2 rings (SSSR count). The monoisotopic (exact) mass is 275 g/mol. The summed E-state index contributed by atoms with van der Waals surface area (Å²) in [5, 5.41) is 8.88. The fourth-order valence-corrected chi connectivity index (χ4v) is 2.30. The van der Waals surface area contributed by atoms with Crippen LogP contribution in [0.2, 0.25) is 0 Å². The first-order valence-corrected chi connectivity index (χ1v) is 6.72. The second-order valence-corrected chi connectivity index (χ2v) is 5.10. The van der Waals surface area contributed by atoms with Gasteiger partial charge in [-0.05, 0) is 31.5 Å². The fraction of sp³-hybridized carbons (Fsp3) is 0.467. The van der Waals surface area contributed by atoms with Gasteiger partial charge in [0.15, 0.2) is 0 Å². The predicted molar refractivity (Wildman–Crippen MR) is 73.7 cm³/mol. The molecule has 0 radical (unpaired) electrons. The van der Waals surface area contributed by atoms with Crippen molar-refractivity contribution in [1.29, 1.82) is 5.26 Å². The van der Waals surface area contributed by atoms with Gasteiger partial charge in [-0.3, -0.25) is 9.69 Å². The molecule has 1 aromatic carbocycles. The highest BCUT2D eigenvalue weighted by Crippen LogP contribution is 2.14. The SMILES string of the molecule is Cc1ccc(C(=O)N2CCN(C(C)C#N)CC2)cc1F. The minimum Gasteiger partial charge on any atom is -0.336 e. The van der Waals surface area contributed by atoms with Gasteiger partial charge in [0.25, 0.3) is 5.91 Å². The molecule has 20 heavy (non-hydrogen) atoms. The lowest BCUT2D eigenvalue weighted by atomic mass is 10.1. The van der Waals surface area contributed by atoms with Gasteiger partial charge >= 0.3 is 0 Å². The molecule has 1 amide bonds. The van der Waals surface area contributed by atoms with Crippen LogP contribution in [0.3, 0.4) is 0 Å². The lowest BCUT2D eigenvalue weighted by molar-refractivity contribution is 0.0615. The number of nitriles is 1. The molecule has 0 bridgehead atoms. The van der Waals surface area contributed by atoms with Crippen LogP contribution in [0.4, 0.5) is 4.39 Å². The first-order chi connectivity index (χ1) is 9.52. The molecule has 1 saturated heterocycles. The highest BCUT2D eigenvalue weighted by molar-refractivity contribution is 5.94. The van der Waals surface area contributed by atoms with E-state index in [0.717, 1.165) is 0 Å². The second kappa shape index (κ2) is 6.02. The molecule has 0 N–H and O–H groups in total. The van der Waals surface area contributed by atoms with Gasteiger partial charge in [-0.15, -0.1) is 0 Å². The highest BCUT2D eigenvalue weighted by Gasteiger charge is 2.24. The zero-order valence-electron chi connectivity index (χ0n) is 11.8. The molecule has 1 aliphatic rings. The average Bonchev–Trinajstić information content (AvgIpc) is 2.48. The Bertz CT molecular complexity index is 545. The molecular weight excluding hydrogens is 257 g/mol. The summed E-state index contributed by atoms with van der Waals surface area (Å²) in [7, 11) is 0. The summed E-state index contributed by atoms with van der Waals surface area (Å²) in [6.07, 6.45) is 0. The molecule has 1 aromatic rings. The van der Waals surface area contributed by atoms with Crippen molar-refractivity contribution in [3.8, 4) is 6.07 Å². The van der Waals surface area contributed by atoms with E-state index >= 15 is 0 Å². The lowest BCUT2D eigenvalue weighted by Crippen LogP contribution is -2.51. The van der Waals surface area contributed by atoms with Crippen LogP contribution >= 0.6 is 0 Å². The minimum absolute atomic E-state index is 0.135. The number of halogens is 1. The van der Waals surface area contributed by atoms with E-state index in [-0.39, 0.29) is 17.8 Å². The van der Waals surface area contributed by atoms with Crippen LogP contribution in [-0.4, -0.2) is 47.9 Å². The van der Waals surface area contributed by atoms with Crippen molar-refractivity contribution in [2.75, 3.05) is 26.2 Å². The van der Waals surface area contributed by atoms with Crippen molar-refractivity contribution >= 4 is 5.91 Å². The number of aryl methyl sites for hydroxylation is 1. The summed E-state index contributed by atoms with van der Waals surface area (Å²) >= 11 is 0. The molecule has 1 fully saturated rings. The van der Waals surface area contributed by atoms with Gasteiger partial charge in [0.1, 0.15) is 5.82 Å². The van der Waals surface area contributed by atoms with Gasteiger partial charge in [-0.25, -0.2) is 4.39 Å². The Morgan fingerprint density at radius 2 is 2.00 bits per heavy atom. The van der Waals surface area contributed by atoms with Crippen LogP contribution in [0, 0.1) is 24.1 Å². The Morgan fingerprint density at radius 1 is 1.35 bits per heavy atom. The molecule has 1 aliphatic heterocycles. The number of piperazine rings is 1. The maximum absolute atomic E-state index is 13.5. The van der Waals surface area contributed by atoms with Crippen molar-refractivity contribution in [1.82, 2.24) is 9.80 Å². The number of rotatable bonds is 2. The standard InChI is InChI=1S/C15H18FN3O/c1-11-3-4-13(9-14(11)16)15(20)19-7-5-18(6-8-19)12(2)10-17/h3-4,9,12H,5-8H2,1-2H3. The van der Waals surface area contributed by atoms with E-state index in [0.29, 0.717) is 37.3 Å². The van der Waals surface area contributed by atoms with Crippen molar-refractivity contribution < 1.29 is 9.18 Å². The average molecular weight is 275 g/mol. The van der Waals surface area contributed by atoms with Gasteiger partial charge in [0.05, 0.1) is 12.1 Å². The summed E-state index contributed by atoms with van der Waals surface area (Å²) < 4.78 is 13.5. The van der Waals surface area contributed by atoms with E-state index in [1.54, 1.807) is 24.0 Å². The fourth-order valence-electron chi connectivity index (χ4n) is 2.30. The van der Waals surface area contributed by atoms with Gasteiger partial charge in [0, 0.05) is 31.7 Å². The number of carbonyl (C=O) groups is 1. The van der Waals surface area contributed by atoms with Gasteiger partial charge in [0.2, 0.25) is 0 Å².